The first-order chi connectivity index (χ1) is 5.54. The average molecular weight is 169 g/mol. The van der Waals surface area contributed by atoms with E-state index >= 15 is 0 Å². The molecule has 0 fully saturated rings. The summed E-state index contributed by atoms with van der Waals surface area (Å²) in [6, 6.07) is 0. The molecule has 6 nitrogen and oxygen atoms in total. The third-order valence-electron chi connectivity index (χ3n) is 1.38. The van der Waals surface area contributed by atoms with Crippen LogP contribution in [-0.2, 0) is 0 Å². The molecular weight excluding hydrogens is 162 g/mol. The Hall–Kier alpha value is -1.85. The predicted molar refractivity (Wildman–Crippen MR) is 42.1 cm³/mol. The zero-order valence-corrected chi connectivity index (χ0v) is 6.30. The maximum atomic E-state index is 10.9. The van der Waals surface area contributed by atoms with Crippen molar-refractivity contribution >= 4 is 11.5 Å². The maximum Gasteiger partial charge on any atom is 0.286 e. The molecule has 0 aromatic carbocycles. The molecule has 0 saturated carbocycles. The fraction of sp³-hybridized carbons (Fsp3) is 0.167. The second kappa shape index (κ2) is 2.65. The number of carbonyl (C=O) groups excluding carboxylic acids is 1. The number of nitrogens with two attached hydrogens (primary N) is 1. The van der Waals surface area contributed by atoms with Gasteiger partial charge >= 0.3 is 0 Å². The van der Waals surface area contributed by atoms with Gasteiger partial charge in [-0.25, -0.2) is 0 Å². The molecule has 1 heterocycles. The molecule has 1 aromatic heterocycles. The van der Waals surface area contributed by atoms with E-state index in [1.54, 1.807) is 0 Å². The van der Waals surface area contributed by atoms with Gasteiger partial charge in [0.05, 0.1) is 0 Å². The SMILES string of the molecule is CC(=O)c1c(N)c(=O)[nH][nH]c1=O. The Labute approximate surface area is 66.4 Å². The summed E-state index contributed by atoms with van der Waals surface area (Å²) >= 11 is 0. The van der Waals surface area contributed by atoms with Crippen LogP contribution in [0.1, 0.15) is 17.3 Å². The molecule has 1 rings (SSSR count). The molecule has 64 valence electrons. The third-order valence-corrected chi connectivity index (χ3v) is 1.38. The monoisotopic (exact) mass is 169 g/mol. The molecule has 0 bridgehead atoms. The predicted octanol–water partition coefficient (Wildman–Crippen LogP) is -1.15. The normalized spacial score (nSPS) is 9.75. The van der Waals surface area contributed by atoms with Crippen LogP contribution in [0.15, 0.2) is 9.59 Å². The molecule has 1 aromatic rings. The van der Waals surface area contributed by atoms with Gasteiger partial charge in [-0.1, -0.05) is 0 Å². The van der Waals surface area contributed by atoms with E-state index in [0.717, 1.165) is 0 Å². The Bertz CT molecular complexity index is 428. The van der Waals surface area contributed by atoms with Gasteiger partial charge in [0.15, 0.2) is 5.78 Å². The Morgan fingerprint density at radius 2 is 1.75 bits per heavy atom. The van der Waals surface area contributed by atoms with E-state index < -0.39 is 16.9 Å². The van der Waals surface area contributed by atoms with Gasteiger partial charge in [-0.2, -0.15) is 0 Å². The fourth-order valence-electron chi connectivity index (χ4n) is 0.829. The summed E-state index contributed by atoms with van der Waals surface area (Å²) < 4.78 is 0. The van der Waals surface area contributed by atoms with Crippen molar-refractivity contribution < 1.29 is 4.79 Å². The van der Waals surface area contributed by atoms with Crippen molar-refractivity contribution in [3.05, 3.63) is 26.3 Å². The molecule has 0 aliphatic rings. The summed E-state index contributed by atoms with van der Waals surface area (Å²) in [5, 5.41) is 3.99. The lowest BCUT2D eigenvalue weighted by Gasteiger charge is -1.96. The van der Waals surface area contributed by atoms with Crippen LogP contribution in [0.25, 0.3) is 0 Å². The first-order valence-electron chi connectivity index (χ1n) is 3.15. The lowest BCUT2D eigenvalue weighted by atomic mass is 10.2. The van der Waals surface area contributed by atoms with Crippen molar-refractivity contribution in [1.82, 2.24) is 10.2 Å². The molecule has 0 radical (unpaired) electrons. The number of nitrogen functional groups attached to an aromatic ring is 1. The number of anilines is 1. The Kier molecular flexibility index (Phi) is 1.82. The summed E-state index contributed by atoms with van der Waals surface area (Å²) in [4.78, 5) is 32.5. The van der Waals surface area contributed by atoms with Crippen LogP contribution in [0.4, 0.5) is 5.69 Å². The number of hydrogen-bond acceptors (Lipinski definition) is 4. The first kappa shape index (κ1) is 8.25. The number of aromatic nitrogens is 2. The number of nitrogens with one attached hydrogen (secondary N) is 2. The zero-order valence-electron chi connectivity index (χ0n) is 6.30. The Balaban J connectivity index is 3.66. The summed E-state index contributed by atoms with van der Waals surface area (Å²) in [7, 11) is 0. The van der Waals surface area contributed by atoms with Gasteiger partial charge in [0, 0.05) is 0 Å². The van der Waals surface area contributed by atoms with Gasteiger partial charge in [-0.3, -0.25) is 24.6 Å². The minimum absolute atomic E-state index is 0.293. The van der Waals surface area contributed by atoms with Gasteiger partial charge in [-0.15, -0.1) is 0 Å². The van der Waals surface area contributed by atoms with E-state index in [1.165, 1.54) is 6.92 Å². The van der Waals surface area contributed by atoms with Crippen LogP contribution in [0.3, 0.4) is 0 Å². The molecule has 6 heteroatoms. The van der Waals surface area contributed by atoms with E-state index in [-0.39, 0.29) is 11.3 Å². The highest BCUT2D eigenvalue weighted by Gasteiger charge is 2.12. The van der Waals surface area contributed by atoms with Crippen LogP contribution in [0.2, 0.25) is 0 Å². The number of rotatable bonds is 1. The van der Waals surface area contributed by atoms with Crippen LogP contribution in [0, 0.1) is 0 Å². The van der Waals surface area contributed by atoms with Gasteiger partial charge in [0.25, 0.3) is 11.1 Å². The highest BCUT2D eigenvalue weighted by Crippen LogP contribution is 1.97. The number of carbonyl (C=O) groups is 1. The van der Waals surface area contributed by atoms with Gasteiger partial charge in [0.1, 0.15) is 11.3 Å². The van der Waals surface area contributed by atoms with Crippen molar-refractivity contribution in [3.8, 4) is 0 Å². The zero-order chi connectivity index (χ0) is 9.30. The molecule has 0 amide bonds. The number of Topliss-reactive ketones (excluding diaryl/α,β-unsaturated/α-hetero) is 1. The molecule has 4 N–H and O–H groups in total. The van der Waals surface area contributed by atoms with E-state index in [2.05, 4.69) is 0 Å². The average Bonchev–Trinajstić information content (AvgIpc) is 1.97. The lowest BCUT2D eigenvalue weighted by molar-refractivity contribution is 0.101. The molecule has 0 saturated heterocycles. The molecular formula is C6H7N3O3. The first-order valence-corrected chi connectivity index (χ1v) is 3.15. The maximum absolute atomic E-state index is 10.9. The number of aromatic amines is 2. The Morgan fingerprint density at radius 3 is 2.17 bits per heavy atom. The molecule has 0 aliphatic heterocycles. The topological polar surface area (TPSA) is 109 Å². The van der Waals surface area contributed by atoms with Crippen LogP contribution >= 0.6 is 0 Å². The van der Waals surface area contributed by atoms with Gasteiger partial charge in [-0.05, 0) is 6.92 Å². The molecule has 12 heavy (non-hydrogen) atoms. The van der Waals surface area contributed by atoms with E-state index in [9.17, 15) is 14.4 Å². The summed E-state index contributed by atoms with van der Waals surface area (Å²) in [6.07, 6.45) is 0. The van der Waals surface area contributed by atoms with Crippen LogP contribution in [0.5, 0.6) is 0 Å². The highest BCUT2D eigenvalue weighted by molar-refractivity contribution is 5.98. The molecule has 0 unspecified atom stereocenters. The summed E-state index contributed by atoms with van der Waals surface area (Å²) in [5.41, 5.74) is 3.22. The lowest BCUT2D eigenvalue weighted by Crippen LogP contribution is -2.28. The largest absolute Gasteiger partial charge is 0.393 e. The van der Waals surface area contributed by atoms with Crippen molar-refractivity contribution in [3.63, 3.8) is 0 Å². The number of hydrogen-bond donors (Lipinski definition) is 3. The standard InChI is InChI=1S/C6H7N3O3/c1-2(10)3-4(7)6(12)9-8-5(3)11/h1H3,(H,9,12)(H3,7,8,11). The Morgan fingerprint density at radius 1 is 1.25 bits per heavy atom. The summed E-state index contributed by atoms with van der Waals surface area (Å²) in [6.45, 7) is 1.17. The van der Waals surface area contributed by atoms with Gasteiger partial charge < -0.3 is 5.73 Å². The molecule has 0 spiro atoms. The van der Waals surface area contributed by atoms with E-state index in [4.69, 9.17) is 5.73 Å². The van der Waals surface area contributed by atoms with Crippen LogP contribution < -0.4 is 16.9 Å². The molecule has 0 aliphatic carbocycles. The second-order valence-electron chi connectivity index (χ2n) is 2.25. The van der Waals surface area contributed by atoms with E-state index in [1.807, 2.05) is 10.2 Å². The van der Waals surface area contributed by atoms with Gasteiger partial charge in [0.2, 0.25) is 0 Å². The second-order valence-corrected chi connectivity index (χ2v) is 2.25. The van der Waals surface area contributed by atoms with E-state index in [0.29, 0.717) is 0 Å². The number of H-pyrrole nitrogens is 2. The van der Waals surface area contributed by atoms with Crippen molar-refractivity contribution in [1.29, 1.82) is 0 Å². The van der Waals surface area contributed by atoms with Crippen LogP contribution in [-0.4, -0.2) is 16.0 Å². The highest BCUT2D eigenvalue weighted by atomic mass is 16.2. The third kappa shape index (κ3) is 1.14. The smallest absolute Gasteiger partial charge is 0.286 e. The number of ketones is 1. The summed E-state index contributed by atoms with van der Waals surface area (Å²) in [5.74, 6) is -0.528. The van der Waals surface area contributed by atoms with Crippen molar-refractivity contribution in [2.24, 2.45) is 0 Å². The quantitative estimate of drug-likeness (QED) is 0.461. The minimum Gasteiger partial charge on any atom is -0.393 e. The fourth-order valence-corrected chi connectivity index (χ4v) is 0.829. The minimum atomic E-state index is -0.681. The van der Waals surface area contributed by atoms with Crippen molar-refractivity contribution in [2.45, 2.75) is 6.92 Å². The molecule has 0 atom stereocenters. The van der Waals surface area contributed by atoms with Crippen molar-refractivity contribution in [2.75, 3.05) is 5.73 Å².